The number of nitrogens with zero attached hydrogens (tertiary/aromatic N) is 2. The summed E-state index contributed by atoms with van der Waals surface area (Å²) in [4.78, 5) is 20.4. The summed E-state index contributed by atoms with van der Waals surface area (Å²) < 4.78 is 0. The largest absolute Gasteiger partial charge is 0.393 e. The van der Waals surface area contributed by atoms with Crippen LogP contribution >= 0.6 is 23.2 Å². The molecule has 0 bridgehead atoms. The molecule has 1 amide bonds. The van der Waals surface area contributed by atoms with E-state index in [9.17, 15) is 4.79 Å². The van der Waals surface area contributed by atoms with Crippen molar-refractivity contribution in [3.63, 3.8) is 0 Å². The first kappa shape index (κ1) is 18.8. The zero-order valence-corrected chi connectivity index (χ0v) is 15.8. The third-order valence-electron chi connectivity index (χ3n) is 3.71. The Morgan fingerprint density at radius 2 is 1.78 bits per heavy atom. The molecule has 3 aromatic rings. The predicted molar refractivity (Wildman–Crippen MR) is 108 cm³/mol. The molecule has 0 unspecified atom stereocenters. The zero-order chi connectivity index (χ0) is 19.4. The monoisotopic (exact) mass is 402 g/mol. The number of aromatic nitrogens is 2. The summed E-state index contributed by atoms with van der Waals surface area (Å²) in [6, 6.07) is 12.0. The van der Waals surface area contributed by atoms with E-state index in [0.717, 1.165) is 11.3 Å². The van der Waals surface area contributed by atoms with Crippen LogP contribution in [0.4, 0.5) is 23.0 Å². The van der Waals surface area contributed by atoms with E-state index in [0.29, 0.717) is 21.4 Å². The van der Waals surface area contributed by atoms with Crippen LogP contribution in [0.5, 0.6) is 0 Å². The molecule has 1 aromatic heterocycles. The fraction of sp³-hybridized carbons (Fsp3) is 0.0556. The Kier molecular flexibility index (Phi) is 5.63. The second kappa shape index (κ2) is 8.11. The molecule has 9 heteroatoms. The Morgan fingerprint density at radius 3 is 2.52 bits per heavy atom. The predicted octanol–water partition coefficient (Wildman–Crippen LogP) is 4.17. The van der Waals surface area contributed by atoms with Crippen molar-refractivity contribution in [1.29, 1.82) is 0 Å². The van der Waals surface area contributed by atoms with E-state index in [-0.39, 0.29) is 17.4 Å². The quantitative estimate of drug-likeness (QED) is 0.477. The lowest BCUT2D eigenvalue weighted by Gasteiger charge is -2.14. The molecule has 3 rings (SSSR count). The number of carbonyl (C=O) groups is 1. The summed E-state index contributed by atoms with van der Waals surface area (Å²) in [6.07, 6.45) is 1.33. The van der Waals surface area contributed by atoms with Crippen molar-refractivity contribution in [2.75, 3.05) is 16.5 Å². The number of aryl methyl sites for hydroxylation is 1. The number of anilines is 4. The Morgan fingerprint density at radius 1 is 1.04 bits per heavy atom. The second-order valence-electron chi connectivity index (χ2n) is 5.66. The number of hydrogen-bond acceptors (Lipinski definition) is 6. The van der Waals surface area contributed by atoms with E-state index in [1.807, 2.05) is 19.1 Å². The highest BCUT2D eigenvalue weighted by molar-refractivity contribution is 6.31. The van der Waals surface area contributed by atoms with E-state index in [1.54, 1.807) is 30.3 Å². The molecule has 1 heterocycles. The Hall–Kier alpha value is -3.03. The summed E-state index contributed by atoms with van der Waals surface area (Å²) in [7, 11) is 0. The van der Waals surface area contributed by atoms with E-state index < -0.39 is 0 Å². The molecule has 0 spiro atoms. The molecular weight excluding hydrogens is 387 g/mol. The fourth-order valence-electron chi connectivity index (χ4n) is 2.31. The van der Waals surface area contributed by atoms with Crippen LogP contribution in [0.25, 0.3) is 0 Å². The zero-order valence-electron chi connectivity index (χ0n) is 14.3. The van der Waals surface area contributed by atoms with Gasteiger partial charge in [0.25, 0.3) is 5.91 Å². The van der Waals surface area contributed by atoms with Crippen LogP contribution in [0.2, 0.25) is 10.0 Å². The number of nitrogens with one attached hydrogen (secondary N) is 3. The third-order valence-corrected chi connectivity index (χ3v) is 4.18. The minimum absolute atomic E-state index is 0.248. The van der Waals surface area contributed by atoms with E-state index in [4.69, 9.17) is 28.9 Å². The third kappa shape index (κ3) is 4.58. The molecule has 5 N–H and O–H groups in total. The van der Waals surface area contributed by atoms with Gasteiger partial charge in [-0.2, -0.15) is 0 Å². The van der Waals surface area contributed by atoms with Crippen molar-refractivity contribution in [1.82, 2.24) is 15.4 Å². The van der Waals surface area contributed by atoms with Gasteiger partial charge in [0.2, 0.25) is 0 Å². The van der Waals surface area contributed by atoms with Crippen molar-refractivity contribution in [3.8, 4) is 0 Å². The summed E-state index contributed by atoms with van der Waals surface area (Å²) in [5, 5.41) is 4.24. The lowest BCUT2D eigenvalue weighted by molar-refractivity contribution is 0.0962. The van der Waals surface area contributed by atoms with E-state index in [1.165, 1.54) is 6.33 Å². The van der Waals surface area contributed by atoms with Crippen LogP contribution < -0.4 is 21.9 Å². The van der Waals surface area contributed by atoms with Gasteiger partial charge in [-0.25, -0.2) is 9.97 Å². The van der Waals surface area contributed by atoms with Gasteiger partial charge in [-0.05, 0) is 48.9 Å². The van der Waals surface area contributed by atoms with Gasteiger partial charge in [0.15, 0.2) is 11.6 Å². The van der Waals surface area contributed by atoms with E-state index in [2.05, 4.69) is 26.1 Å². The number of halogens is 2. The molecule has 0 aliphatic carbocycles. The van der Waals surface area contributed by atoms with Gasteiger partial charge in [0, 0.05) is 21.3 Å². The molecule has 0 saturated carbocycles. The number of rotatable bonds is 5. The molecule has 0 fully saturated rings. The highest BCUT2D eigenvalue weighted by atomic mass is 35.5. The number of nitrogens with two attached hydrogens (primary N) is 1. The summed E-state index contributed by atoms with van der Waals surface area (Å²) in [5.74, 6) is 0.281. The highest BCUT2D eigenvalue weighted by Gasteiger charge is 2.11. The Labute approximate surface area is 165 Å². The average molecular weight is 403 g/mol. The summed E-state index contributed by atoms with van der Waals surface area (Å²) in [6.45, 7) is 1.91. The van der Waals surface area contributed by atoms with Crippen LogP contribution in [-0.4, -0.2) is 15.9 Å². The van der Waals surface area contributed by atoms with Crippen molar-refractivity contribution >= 4 is 52.1 Å². The lowest BCUT2D eigenvalue weighted by atomic mass is 10.2. The molecular formula is C18H16Cl2N6O. The van der Waals surface area contributed by atoms with Gasteiger partial charge in [0.1, 0.15) is 12.0 Å². The van der Waals surface area contributed by atoms with Crippen LogP contribution in [0.3, 0.4) is 0 Å². The van der Waals surface area contributed by atoms with Crippen LogP contribution in [-0.2, 0) is 0 Å². The Balaban J connectivity index is 1.74. The molecule has 0 radical (unpaired) electrons. The SMILES string of the molecule is Cc1cc(Cl)ccc1Nc1ncnc(NNC(=O)c2cccc(Cl)c2)c1N. The topological polar surface area (TPSA) is 105 Å². The van der Waals surface area contributed by atoms with Crippen molar-refractivity contribution < 1.29 is 4.79 Å². The molecule has 0 aliphatic heterocycles. The smallest absolute Gasteiger partial charge is 0.269 e. The summed E-state index contributed by atoms with van der Waals surface area (Å²) in [5.41, 5.74) is 13.7. The fourth-order valence-corrected chi connectivity index (χ4v) is 2.72. The Bertz CT molecular complexity index is 995. The maximum absolute atomic E-state index is 12.2. The number of benzene rings is 2. The maximum atomic E-state index is 12.2. The van der Waals surface area contributed by atoms with Crippen molar-refractivity contribution in [2.24, 2.45) is 0 Å². The van der Waals surface area contributed by atoms with Crippen molar-refractivity contribution in [3.05, 3.63) is 70.0 Å². The minimum Gasteiger partial charge on any atom is -0.393 e. The molecule has 27 heavy (non-hydrogen) atoms. The van der Waals surface area contributed by atoms with Crippen LogP contribution in [0, 0.1) is 6.92 Å². The number of nitrogen functional groups attached to an aromatic ring is 1. The van der Waals surface area contributed by atoms with E-state index >= 15 is 0 Å². The average Bonchev–Trinajstić information content (AvgIpc) is 2.64. The molecule has 7 nitrogen and oxygen atoms in total. The number of hydrazine groups is 1. The maximum Gasteiger partial charge on any atom is 0.269 e. The van der Waals surface area contributed by atoms with Gasteiger partial charge in [0.05, 0.1) is 0 Å². The van der Waals surface area contributed by atoms with Gasteiger partial charge in [-0.1, -0.05) is 29.3 Å². The standard InChI is InChI=1S/C18H16Cl2N6O/c1-10-7-13(20)5-6-14(10)24-16-15(21)17(23-9-22-16)25-26-18(27)11-3-2-4-12(19)8-11/h2-9H,21H2,1H3,(H,26,27)(H2,22,23,24,25). The highest BCUT2D eigenvalue weighted by Crippen LogP contribution is 2.28. The van der Waals surface area contributed by atoms with Crippen molar-refractivity contribution in [2.45, 2.75) is 6.92 Å². The second-order valence-corrected chi connectivity index (χ2v) is 6.53. The number of hydrogen-bond donors (Lipinski definition) is 4. The molecule has 0 saturated heterocycles. The van der Waals surface area contributed by atoms with Crippen LogP contribution in [0.15, 0.2) is 48.8 Å². The first-order valence-corrected chi connectivity index (χ1v) is 8.65. The number of carbonyl (C=O) groups excluding carboxylic acids is 1. The van der Waals surface area contributed by atoms with Crippen LogP contribution in [0.1, 0.15) is 15.9 Å². The first-order valence-electron chi connectivity index (χ1n) is 7.89. The van der Waals surface area contributed by atoms with Gasteiger partial charge in [-0.3, -0.25) is 15.6 Å². The number of amides is 1. The first-order chi connectivity index (χ1) is 12.9. The molecule has 0 atom stereocenters. The minimum atomic E-state index is -0.376. The van der Waals surface area contributed by atoms with Gasteiger partial charge < -0.3 is 11.1 Å². The normalized spacial score (nSPS) is 10.3. The van der Waals surface area contributed by atoms with Gasteiger partial charge in [-0.15, -0.1) is 0 Å². The molecule has 138 valence electrons. The summed E-state index contributed by atoms with van der Waals surface area (Å²) >= 11 is 11.9. The lowest BCUT2D eigenvalue weighted by Crippen LogP contribution is -2.30. The molecule has 0 aliphatic rings. The molecule has 2 aromatic carbocycles. The van der Waals surface area contributed by atoms with Gasteiger partial charge >= 0.3 is 0 Å².